The third-order valence-electron chi connectivity index (χ3n) is 4.75. The van der Waals surface area contributed by atoms with Crippen LogP contribution in [0.5, 0.6) is 0 Å². The lowest BCUT2D eigenvalue weighted by molar-refractivity contribution is 0.0954. The molecule has 0 unspecified atom stereocenters. The number of hydrogen-bond donors (Lipinski definition) is 1. The molecular formula is C21H23N3OS. The first kappa shape index (κ1) is 17.2. The number of fused-ring (bicyclic) bond motifs is 1. The molecule has 0 saturated heterocycles. The molecular weight excluding hydrogens is 342 g/mol. The molecule has 0 aliphatic heterocycles. The number of amides is 1. The summed E-state index contributed by atoms with van der Waals surface area (Å²) in [4.78, 5) is 22.0. The predicted octanol–water partition coefficient (Wildman–Crippen LogP) is 4.63. The van der Waals surface area contributed by atoms with E-state index in [0.717, 1.165) is 47.1 Å². The maximum Gasteiger partial charge on any atom is 0.252 e. The van der Waals surface area contributed by atoms with Crippen molar-refractivity contribution in [2.75, 3.05) is 6.54 Å². The van der Waals surface area contributed by atoms with Gasteiger partial charge in [0.25, 0.3) is 5.91 Å². The number of para-hydroxylation sites is 1. The van der Waals surface area contributed by atoms with Crippen LogP contribution in [0.4, 0.5) is 0 Å². The minimum Gasteiger partial charge on any atom is -0.352 e. The minimum atomic E-state index is 0.00981. The Morgan fingerprint density at radius 3 is 2.85 bits per heavy atom. The van der Waals surface area contributed by atoms with E-state index in [1.807, 2.05) is 37.3 Å². The highest BCUT2D eigenvalue weighted by Crippen LogP contribution is 2.40. The van der Waals surface area contributed by atoms with Crippen LogP contribution >= 0.6 is 11.3 Å². The Kier molecular flexibility index (Phi) is 4.98. The number of aromatic nitrogens is 2. The van der Waals surface area contributed by atoms with Crippen molar-refractivity contribution in [3.05, 3.63) is 57.7 Å². The summed E-state index contributed by atoms with van der Waals surface area (Å²) in [5.41, 5.74) is 3.83. The van der Waals surface area contributed by atoms with Gasteiger partial charge in [0.15, 0.2) is 0 Å². The zero-order chi connectivity index (χ0) is 17.9. The lowest BCUT2D eigenvalue weighted by Gasteiger charge is -2.10. The molecule has 2 heterocycles. The Labute approximate surface area is 157 Å². The van der Waals surface area contributed by atoms with E-state index in [4.69, 9.17) is 4.98 Å². The topological polar surface area (TPSA) is 54.9 Å². The molecule has 1 aliphatic rings. The number of thiazole rings is 1. The molecule has 5 heteroatoms. The van der Waals surface area contributed by atoms with E-state index in [9.17, 15) is 4.79 Å². The van der Waals surface area contributed by atoms with Gasteiger partial charge in [0.05, 0.1) is 16.1 Å². The fourth-order valence-corrected chi connectivity index (χ4v) is 4.01. The van der Waals surface area contributed by atoms with E-state index in [0.29, 0.717) is 12.5 Å². The molecule has 134 valence electrons. The van der Waals surface area contributed by atoms with Gasteiger partial charge in [-0.25, -0.2) is 4.98 Å². The molecule has 0 radical (unpaired) electrons. The molecule has 0 bridgehead atoms. The molecule has 4 rings (SSSR count). The normalized spacial score (nSPS) is 13.9. The smallest absolute Gasteiger partial charge is 0.252 e. The molecule has 26 heavy (non-hydrogen) atoms. The van der Waals surface area contributed by atoms with Crippen LogP contribution in [0.15, 0.2) is 35.7 Å². The number of benzene rings is 1. The number of aryl methyl sites for hydroxylation is 2. The standard InChI is InChI=1S/C21H23N3OS/c1-14-13-26-20(23-14)8-4-5-11-22-21(25)17-12-19(15-9-10-15)24-18-7-3-2-6-16(17)18/h2-3,6-7,12-13,15H,4-5,8-11H2,1H3,(H,22,25). The van der Waals surface area contributed by atoms with Gasteiger partial charge in [0, 0.05) is 34.6 Å². The summed E-state index contributed by atoms with van der Waals surface area (Å²) >= 11 is 1.72. The molecule has 4 nitrogen and oxygen atoms in total. The van der Waals surface area contributed by atoms with Gasteiger partial charge in [-0.3, -0.25) is 9.78 Å². The van der Waals surface area contributed by atoms with Gasteiger partial charge >= 0.3 is 0 Å². The second-order valence-corrected chi connectivity index (χ2v) is 7.92. The third kappa shape index (κ3) is 3.93. The monoisotopic (exact) mass is 365 g/mol. The largest absolute Gasteiger partial charge is 0.352 e. The molecule has 1 aromatic carbocycles. The molecule has 2 aromatic heterocycles. The van der Waals surface area contributed by atoms with E-state index in [1.54, 1.807) is 11.3 Å². The van der Waals surface area contributed by atoms with E-state index < -0.39 is 0 Å². The Morgan fingerprint density at radius 1 is 1.23 bits per heavy atom. The van der Waals surface area contributed by atoms with Crippen molar-refractivity contribution in [1.82, 2.24) is 15.3 Å². The van der Waals surface area contributed by atoms with Crippen LogP contribution in [-0.4, -0.2) is 22.4 Å². The van der Waals surface area contributed by atoms with Crippen LogP contribution < -0.4 is 5.32 Å². The van der Waals surface area contributed by atoms with Crippen LogP contribution in [0.25, 0.3) is 10.9 Å². The molecule has 0 atom stereocenters. The van der Waals surface area contributed by atoms with Crippen LogP contribution in [0.2, 0.25) is 0 Å². The SMILES string of the molecule is Cc1csc(CCCCNC(=O)c2cc(C3CC3)nc3ccccc23)n1. The van der Waals surface area contributed by atoms with Crippen LogP contribution in [0.3, 0.4) is 0 Å². The zero-order valence-electron chi connectivity index (χ0n) is 15.0. The Balaban J connectivity index is 1.38. The van der Waals surface area contributed by atoms with Crippen molar-refractivity contribution in [1.29, 1.82) is 0 Å². The number of nitrogens with zero attached hydrogens (tertiary/aromatic N) is 2. The number of carbonyl (C=O) groups excluding carboxylic acids is 1. The number of hydrogen-bond acceptors (Lipinski definition) is 4. The van der Waals surface area contributed by atoms with E-state index in [1.165, 1.54) is 17.8 Å². The van der Waals surface area contributed by atoms with E-state index in [-0.39, 0.29) is 5.91 Å². The number of nitrogens with one attached hydrogen (secondary N) is 1. The fourth-order valence-electron chi connectivity index (χ4n) is 3.19. The molecule has 3 aromatic rings. The van der Waals surface area contributed by atoms with Gasteiger partial charge in [0.1, 0.15) is 0 Å². The van der Waals surface area contributed by atoms with Crippen molar-refractivity contribution >= 4 is 28.1 Å². The first-order valence-corrected chi connectivity index (χ1v) is 10.2. The van der Waals surface area contributed by atoms with Crippen molar-refractivity contribution in [3.8, 4) is 0 Å². The van der Waals surface area contributed by atoms with Crippen LogP contribution in [0.1, 0.15) is 58.4 Å². The van der Waals surface area contributed by atoms with Crippen molar-refractivity contribution < 1.29 is 4.79 Å². The molecule has 1 fully saturated rings. The van der Waals surface area contributed by atoms with Gasteiger partial charge in [-0.1, -0.05) is 18.2 Å². The van der Waals surface area contributed by atoms with Crippen molar-refractivity contribution in [3.63, 3.8) is 0 Å². The highest BCUT2D eigenvalue weighted by atomic mass is 32.1. The summed E-state index contributed by atoms with van der Waals surface area (Å²) < 4.78 is 0. The summed E-state index contributed by atoms with van der Waals surface area (Å²) in [6.07, 6.45) is 5.35. The minimum absolute atomic E-state index is 0.00981. The number of unbranched alkanes of at least 4 members (excludes halogenated alkanes) is 1. The van der Waals surface area contributed by atoms with Gasteiger partial charge in [0.2, 0.25) is 0 Å². The summed E-state index contributed by atoms with van der Waals surface area (Å²) in [5, 5.41) is 7.29. The second-order valence-electron chi connectivity index (χ2n) is 6.98. The first-order valence-electron chi connectivity index (χ1n) is 9.29. The van der Waals surface area contributed by atoms with E-state index in [2.05, 4.69) is 15.7 Å². The zero-order valence-corrected chi connectivity index (χ0v) is 15.8. The van der Waals surface area contributed by atoms with Gasteiger partial charge < -0.3 is 5.32 Å². The van der Waals surface area contributed by atoms with E-state index >= 15 is 0 Å². The second kappa shape index (κ2) is 7.54. The van der Waals surface area contributed by atoms with Gasteiger partial charge in [-0.05, 0) is 51.2 Å². The molecule has 0 spiro atoms. The lowest BCUT2D eigenvalue weighted by atomic mass is 10.1. The number of rotatable bonds is 7. The first-order chi connectivity index (χ1) is 12.7. The lowest BCUT2D eigenvalue weighted by Crippen LogP contribution is -2.25. The molecule has 1 amide bonds. The molecule has 1 saturated carbocycles. The predicted molar refractivity (Wildman–Crippen MR) is 106 cm³/mol. The quantitative estimate of drug-likeness (QED) is 0.621. The summed E-state index contributed by atoms with van der Waals surface area (Å²) in [6.45, 7) is 2.72. The third-order valence-corrected chi connectivity index (χ3v) is 5.77. The Morgan fingerprint density at radius 2 is 2.08 bits per heavy atom. The van der Waals surface area contributed by atoms with Gasteiger partial charge in [-0.15, -0.1) is 11.3 Å². The molecule has 1 aliphatic carbocycles. The summed E-state index contributed by atoms with van der Waals surface area (Å²) in [6, 6.07) is 9.92. The van der Waals surface area contributed by atoms with Crippen molar-refractivity contribution in [2.45, 2.75) is 44.9 Å². The summed E-state index contributed by atoms with van der Waals surface area (Å²) in [7, 11) is 0. The summed E-state index contributed by atoms with van der Waals surface area (Å²) in [5.74, 6) is 0.545. The Hall–Kier alpha value is -2.27. The maximum atomic E-state index is 12.7. The number of carbonyl (C=O) groups is 1. The highest BCUT2D eigenvalue weighted by Gasteiger charge is 2.26. The average Bonchev–Trinajstić information content (AvgIpc) is 3.42. The Bertz CT molecular complexity index is 930. The number of pyridine rings is 1. The van der Waals surface area contributed by atoms with Crippen LogP contribution in [-0.2, 0) is 6.42 Å². The maximum absolute atomic E-state index is 12.7. The average molecular weight is 366 g/mol. The highest BCUT2D eigenvalue weighted by molar-refractivity contribution is 7.09. The van der Waals surface area contributed by atoms with Gasteiger partial charge in [-0.2, -0.15) is 0 Å². The van der Waals surface area contributed by atoms with Crippen LogP contribution in [0, 0.1) is 6.92 Å². The fraction of sp³-hybridized carbons (Fsp3) is 0.381. The molecule has 1 N–H and O–H groups in total. The van der Waals surface area contributed by atoms with Crippen molar-refractivity contribution in [2.24, 2.45) is 0 Å².